The first-order valence-electron chi connectivity index (χ1n) is 4.62. The van der Waals surface area contributed by atoms with Gasteiger partial charge in [0.1, 0.15) is 5.82 Å². The largest absolute Gasteiger partial charge is 0.364 e. The zero-order chi connectivity index (χ0) is 9.97. The van der Waals surface area contributed by atoms with Crippen LogP contribution >= 0.6 is 0 Å². The van der Waals surface area contributed by atoms with E-state index in [4.69, 9.17) is 0 Å². The van der Waals surface area contributed by atoms with E-state index < -0.39 is 0 Å². The maximum Gasteiger partial charge on any atom is 0.148 e. The fraction of sp³-hybridized carbons (Fsp3) is 0.300. The number of rotatable bonds is 3. The molecule has 0 aromatic carbocycles. The number of aryl methyl sites for hydroxylation is 2. The number of hydrogen-bond donors (Lipinski definition) is 2. The van der Waals surface area contributed by atoms with Crippen molar-refractivity contribution >= 4 is 5.82 Å². The van der Waals surface area contributed by atoms with Crippen LogP contribution in [0.2, 0.25) is 0 Å². The summed E-state index contributed by atoms with van der Waals surface area (Å²) >= 11 is 0. The quantitative estimate of drug-likeness (QED) is 0.773. The van der Waals surface area contributed by atoms with Gasteiger partial charge in [0.25, 0.3) is 0 Å². The Morgan fingerprint density at radius 2 is 2.43 bits per heavy atom. The second-order valence-corrected chi connectivity index (χ2v) is 3.34. The van der Waals surface area contributed by atoms with Gasteiger partial charge < -0.3 is 10.3 Å². The highest BCUT2D eigenvalue weighted by molar-refractivity contribution is 5.35. The molecule has 0 aliphatic carbocycles. The van der Waals surface area contributed by atoms with Gasteiger partial charge in [-0.2, -0.15) is 5.10 Å². The molecule has 2 aromatic rings. The molecular weight excluding hydrogens is 176 g/mol. The molecule has 4 heteroatoms. The van der Waals surface area contributed by atoms with Crippen molar-refractivity contribution in [3.05, 3.63) is 35.8 Å². The zero-order valence-corrected chi connectivity index (χ0v) is 8.41. The molecule has 2 aromatic heterocycles. The molecule has 0 spiro atoms. The third kappa shape index (κ3) is 1.79. The average Bonchev–Trinajstić information content (AvgIpc) is 2.74. The topological polar surface area (TPSA) is 45.6 Å². The summed E-state index contributed by atoms with van der Waals surface area (Å²) in [6, 6.07) is 6.06. The van der Waals surface area contributed by atoms with Crippen LogP contribution in [0.25, 0.3) is 0 Å². The van der Waals surface area contributed by atoms with Gasteiger partial charge in [-0.3, -0.25) is 4.68 Å². The third-order valence-electron chi connectivity index (χ3n) is 2.24. The number of anilines is 1. The minimum atomic E-state index is 0.781. The Morgan fingerprint density at radius 1 is 1.57 bits per heavy atom. The van der Waals surface area contributed by atoms with E-state index in [1.54, 1.807) is 0 Å². The van der Waals surface area contributed by atoms with Crippen molar-refractivity contribution in [3.63, 3.8) is 0 Å². The molecule has 0 saturated heterocycles. The molecule has 2 heterocycles. The summed E-state index contributed by atoms with van der Waals surface area (Å²) in [5.74, 6) is 0.916. The molecule has 0 radical (unpaired) electrons. The van der Waals surface area contributed by atoms with Crippen molar-refractivity contribution in [2.75, 3.05) is 5.32 Å². The Bertz CT molecular complexity index is 380. The molecule has 0 fully saturated rings. The van der Waals surface area contributed by atoms with Gasteiger partial charge in [0, 0.05) is 30.7 Å². The van der Waals surface area contributed by atoms with E-state index in [-0.39, 0.29) is 0 Å². The van der Waals surface area contributed by atoms with Crippen molar-refractivity contribution < 1.29 is 0 Å². The number of aromatic nitrogens is 3. The Hall–Kier alpha value is -1.71. The van der Waals surface area contributed by atoms with Crippen LogP contribution in [-0.4, -0.2) is 14.8 Å². The lowest BCUT2D eigenvalue weighted by Crippen LogP contribution is -2.00. The van der Waals surface area contributed by atoms with Crippen LogP contribution in [0.3, 0.4) is 0 Å². The van der Waals surface area contributed by atoms with Crippen LogP contribution in [0.4, 0.5) is 5.82 Å². The molecule has 2 rings (SSSR count). The average molecular weight is 190 g/mol. The van der Waals surface area contributed by atoms with E-state index in [2.05, 4.69) is 15.4 Å². The van der Waals surface area contributed by atoms with Crippen LogP contribution < -0.4 is 5.32 Å². The van der Waals surface area contributed by atoms with Gasteiger partial charge in [-0.05, 0) is 19.1 Å². The molecule has 0 aliphatic heterocycles. The first-order chi connectivity index (χ1) is 6.75. The first kappa shape index (κ1) is 8.87. The van der Waals surface area contributed by atoms with Crippen molar-refractivity contribution in [1.29, 1.82) is 0 Å². The fourth-order valence-electron chi connectivity index (χ4n) is 1.31. The second kappa shape index (κ2) is 3.57. The van der Waals surface area contributed by atoms with Gasteiger partial charge in [0.05, 0.1) is 6.54 Å². The van der Waals surface area contributed by atoms with Crippen molar-refractivity contribution in [1.82, 2.24) is 14.8 Å². The third-order valence-corrected chi connectivity index (χ3v) is 2.24. The number of hydrogen-bond acceptors (Lipinski definition) is 2. The van der Waals surface area contributed by atoms with E-state index in [1.807, 2.05) is 43.0 Å². The molecule has 2 N–H and O–H groups in total. The van der Waals surface area contributed by atoms with Gasteiger partial charge >= 0.3 is 0 Å². The Labute approximate surface area is 82.9 Å². The summed E-state index contributed by atoms with van der Waals surface area (Å²) in [4.78, 5) is 3.13. The normalized spacial score (nSPS) is 10.4. The van der Waals surface area contributed by atoms with Crippen LogP contribution in [0.5, 0.6) is 0 Å². The lowest BCUT2D eigenvalue weighted by molar-refractivity contribution is 0.740. The first-order valence-corrected chi connectivity index (χ1v) is 4.62. The molecule has 0 bridgehead atoms. The Morgan fingerprint density at radius 3 is 3.00 bits per heavy atom. The lowest BCUT2D eigenvalue weighted by Gasteiger charge is -1.99. The molecule has 0 saturated carbocycles. The van der Waals surface area contributed by atoms with Gasteiger partial charge in [0.15, 0.2) is 0 Å². The minimum absolute atomic E-state index is 0.781. The highest BCUT2D eigenvalue weighted by Crippen LogP contribution is 2.07. The highest BCUT2D eigenvalue weighted by Gasteiger charge is 2.00. The van der Waals surface area contributed by atoms with Gasteiger partial charge in [0.2, 0.25) is 0 Å². The SMILES string of the molecule is Cc1cc(NCc2ccc[nH]2)nn1C. The van der Waals surface area contributed by atoms with Crippen LogP contribution in [0, 0.1) is 6.92 Å². The van der Waals surface area contributed by atoms with E-state index in [0.29, 0.717) is 0 Å². The molecule has 74 valence electrons. The zero-order valence-electron chi connectivity index (χ0n) is 8.41. The molecule has 0 amide bonds. The Kier molecular flexibility index (Phi) is 2.26. The summed E-state index contributed by atoms with van der Waals surface area (Å²) in [6.07, 6.45) is 1.92. The standard InChI is InChI=1S/C10H14N4/c1-8-6-10(13-14(8)2)12-7-9-4-3-5-11-9/h3-6,11H,7H2,1-2H3,(H,12,13). The second-order valence-electron chi connectivity index (χ2n) is 3.34. The van der Waals surface area contributed by atoms with Crippen molar-refractivity contribution in [3.8, 4) is 0 Å². The maximum absolute atomic E-state index is 4.30. The lowest BCUT2D eigenvalue weighted by atomic mass is 10.4. The Balaban J connectivity index is 1.98. The number of nitrogens with zero attached hydrogens (tertiary/aromatic N) is 2. The molecule has 0 aliphatic rings. The van der Waals surface area contributed by atoms with Crippen LogP contribution in [-0.2, 0) is 13.6 Å². The highest BCUT2D eigenvalue weighted by atomic mass is 15.3. The molecule has 14 heavy (non-hydrogen) atoms. The summed E-state index contributed by atoms with van der Waals surface area (Å²) in [6.45, 7) is 2.82. The van der Waals surface area contributed by atoms with Crippen molar-refractivity contribution in [2.45, 2.75) is 13.5 Å². The maximum atomic E-state index is 4.30. The summed E-state index contributed by atoms with van der Waals surface area (Å²) < 4.78 is 1.86. The van der Waals surface area contributed by atoms with E-state index in [0.717, 1.165) is 23.8 Å². The van der Waals surface area contributed by atoms with Crippen LogP contribution in [0.15, 0.2) is 24.4 Å². The fourth-order valence-corrected chi connectivity index (χ4v) is 1.31. The predicted molar refractivity (Wildman–Crippen MR) is 56.1 cm³/mol. The van der Waals surface area contributed by atoms with Gasteiger partial charge in [-0.25, -0.2) is 0 Å². The molecule has 4 nitrogen and oxygen atoms in total. The van der Waals surface area contributed by atoms with Crippen molar-refractivity contribution in [2.24, 2.45) is 7.05 Å². The number of H-pyrrole nitrogens is 1. The van der Waals surface area contributed by atoms with E-state index in [1.165, 1.54) is 0 Å². The molecule has 0 unspecified atom stereocenters. The summed E-state index contributed by atoms with van der Waals surface area (Å²) in [7, 11) is 1.94. The van der Waals surface area contributed by atoms with Gasteiger partial charge in [-0.1, -0.05) is 0 Å². The predicted octanol–water partition coefficient (Wildman–Crippen LogP) is 1.67. The van der Waals surface area contributed by atoms with Gasteiger partial charge in [-0.15, -0.1) is 0 Å². The monoisotopic (exact) mass is 190 g/mol. The summed E-state index contributed by atoms with van der Waals surface area (Å²) in [5.41, 5.74) is 2.31. The van der Waals surface area contributed by atoms with Crippen LogP contribution in [0.1, 0.15) is 11.4 Å². The number of aromatic amines is 1. The van der Waals surface area contributed by atoms with E-state index in [9.17, 15) is 0 Å². The molecule has 0 atom stereocenters. The summed E-state index contributed by atoms with van der Waals surface area (Å²) in [5, 5.41) is 7.55. The number of nitrogens with one attached hydrogen (secondary N) is 2. The smallest absolute Gasteiger partial charge is 0.148 e. The minimum Gasteiger partial charge on any atom is -0.364 e. The molecular formula is C10H14N4. The van der Waals surface area contributed by atoms with E-state index >= 15 is 0 Å².